The highest BCUT2D eigenvalue weighted by atomic mass is 32.1. The molecule has 0 bridgehead atoms. The van der Waals surface area contributed by atoms with E-state index in [0.717, 1.165) is 16.9 Å². The van der Waals surface area contributed by atoms with Crippen molar-refractivity contribution in [3.05, 3.63) is 45.9 Å². The molecule has 1 fully saturated rings. The molecule has 1 aliphatic heterocycles. The van der Waals surface area contributed by atoms with E-state index in [2.05, 4.69) is 10.1 Å². The topological polar surface area (TPSA) is 75.7 Å². The number of thiophene rings is 1. The van der Waals surface area contributed by atoms with Gasteiger partial charge in [0.25, 0.3) is 0 Å². The molecule has 0 saturated carbocycles. The molecule has 1 aromatic heterocycles. The number of hydrogen-bond acceptors (Lipinski definition) is 5. The van der Waals surface area contributed by atoms with Gasteiger partial charge in [0.1, 0.15) is 10.7 Å². The first kappa shape index (κ1) is 18.1. The van der Waals surface area contributed by atoms with Crippen molar-refractivity contribution in [1.82, 2.24) is 0 Å². The van der Waals surface area contributed by atoms with Crippen LogP contribution in [0.1, 0.15) is 21.7 Å². The van der Waals surface area contributed by atoms with Gasteiger partial charge >= 0.3 is 5.97 Å². The highest BCUT2D eigenvalue weighted by Gasteiger charge is 2.36. The fourth-order valence-corrected chi connectivity index (χ4v) is 3.61. The summed E-state index contributed by atoms with van der Waals surface area (Å²) in [6.45, 7) is 1.84. The highest BCUT2D eigenvalue weighted by molar-refractivity contribution is 7.12. The number of ether oxygens (including phenoxy) is 1. The Morgan fingerprint density at radius 2 is 2.12 bits per heavy atom. The number of methoxy groups -OCH3 is 1. The van der Waals surface area contributed by atoms with E-state index in [4.69, 9.17) is 0 Å². The Balaban J connectivity index is 1.73. The number of esters is 1. The zero-order valence-electron chi connectivity index (χ0n) is 14.2. The van der Waals surface area contributed by atoms with E-state index in [1.54, 1.807) is 24.4 Å². The molecule has 0 radical (unpaired) electrons. The van der Waals surface area contributed by atoms with Crippen LogP contribution in [0.5, 0.6) is 0 Å². The van der Waals surface area contributed by atoms with Crippen LogP contribution in [0.4, 0.5) is 15.8 Å². The average molecular weight is 376 g/mol. The van der Waals surface area contributed by atoms with Crippen molar-refractivity contribution < 1.29 is 23.5 Å². The van der Waals surface area contributed by atoms with Gasteiger partial charge < -0.3 is 15.0 Å². The molecule has 2 heterocycles. The number of carbonyl (C=O) groups excluding carboxylic acids is 3. The molecule has 8 heteroatoms. The van der Waals surface area contributed by atoms with Crippen LogP contribution in [0.3, 0.4) is 0 Å². The largest absolute Gasteiger partial charge is 0.465 e. The first-order valence-corrected chi connectivity index (χ1v) is 8.82. The summed E-state index contributed by atoms with van der Waals surface area (Å²) in [5, 5.41) is 4.32. The summed E-state index contributed by atoms with van der Waals surface area (Å²) >= 11 is 1.15. The van der Waals surface area contributed by atoms with E-state index in [-0.39, 0.29) is 29.4 Å². The number of hydrogen-bond donors (Lipinski definition) is 1. The highest BCUT2D eigenvalue weighted by Crippen LogP contribution is 2.30. The van der Waals surface area contributed by atoms with Gasteiger partial charge in [-0.2, -0.15) is 0 Å². The van der Waals surface area contributed by atoms with Gasteiger partial charge in [-0.15, -0.1) is 11.3 Å². The van der Waals surface area contributed by atoms with Crippen LogP contribution in [0.15, 0.2) is 29.6 Å². The van der Waals surface area contributed by atoms with E-state index in [9.17, 15) is 18.8 Å². The van der Waals surface area contributed by atoms with Gasteiger partial charge in [0.2, 0.25) is 11.8 Å². The molecule has 0 spiro atoms. The van der Waals surface area contributed by atoms with Gasteiger partial charge in [-0.1, -0.05) is 6.07 Å². The molecule has 1 aliphatic rings. The lowest BCUT2D eigenvalue weighted by atomic mass is 10.1. The molecule has 0 aliphatic carbocycles. The molecule has 1 saturated heterocycles. The third-order valence-electron chi connectivity index (χ3n) is 4.18. The van der Waals surface area contributed by atoms with Crippen LogP contribution in [0, 0.1) is 18.7 Å². The molecule has 1 atom stereocenters. The number of halogens is 1. The molecule has 6 nitrogen and oxygen atoms in total. The molecule has 3 rings (SSSR count). The Morgan fingerprint density at radius 3 is 2.81 bits per heavy atom. The Labute approximate surface area is 153 Å². The minimum absolute atomic E-state index is 0.0170. The summed E-state index contributed by atoms with van der Waals surface area (Å²) in [5.41, 5.74) is 1.26. The van der Waals surface area contributed by atoms with Gasteiger partial charge in [-0.25, -0.2) is 9.18 Å². The first-order valence-electron chi connectivity index (χ1n) is 7.94. The molecule has 1 aromatic carbocycles. The Hall–Kier alpha value is -2.74. The summed E-state index contributed by atoms with van der Waals surface area (Å²) < 4.78 is 18.8. The number of aryl methyl sites for hydroxylation is 1. The Kier molecular flexibility index (Phi) is 5.03. The van der Waals surface area contributed by atoms with Crippen LogP contribution >= 0.6 is 11.3 Å². The van der Waals surface area contributed by atoms with E-state index < -0.39 is 23.6 Å². The van der Waals surface area contributed by atoms with Gasteiger partial charge in [-0.3, -0.25) is 9.59 Å². The Bertz CT molecular complexity index is 880. The predicted molar refractivity (Wildman–Crippen MR) is 95.9 cm³/mol. The molecular formula is C18H17FN2O4S. The number of carbonyl (C=O) groups is 3. The molecule has 2 aromatic rings. The van der Waals surface area contributed by atoms with Crippen LogP contribution < -0.4 is 10.2 Å². The quantitative estimate of drug-likeness (QED) is 0.833. The van der Waals surface area contributed by atoms with Gasteiger partial charge in [0.15, 0.2) is 0 Å². The summed E-state index contributed by atoms with van der Waals surface area (Å²) in [7, 11) is 1.26. The average Bonchev–Trinajstić information content (AvgIpc) is 3.21. The van der Waals surface area contributed by atoms with Crippen molar-refractivity contribution in [3.8, 4) is 0 Å². The third kappa shape index (κ3) is 3.45. The minimum Gasteiger partial charge on any atom is -0.465 e. The van der Waals surface area contributed by atoms with Crippen molar-refractivity contribution in [3.63, 3.8) is 0 Å². The summed E-state index contributed by atoms with van der Waals surface area (Å²) in [6, 6.07) is 6.21. The van der Waals surface area contributed by atoms with E-state index in [1.807, 2.05) is 0 Å². The lowest BCUT2D eigenvalue weighted by molar-refractivity contribution is -0.122. The van der Waals surface area contributed by atoms with Crippen molar-refractivity contribution in [2.24, 2.45) is 5.92 Å². The van der Waals surface area contributed by atoms with Crippen molar-refractivity contribution in [1.29, 1.82) is 0 Å². The zero-order chi connectivity index (χ0) is 18.8. The zero-order valence-corrected chi connectivity index (χ0v) is 15.1. The molecule has 2 amide bonds. The van der Waals surface area contributed by atoms with Gasteiger partial charge in [0, 0.05) is 13.0 Å². The minimum atomic E-state index is -0.631. The van der Waals surface area contributed by atoms with Gasteiger partial charge in [-0.05, 0) is 36.1 Å². The number of nitrogens with zero attached hydrogens (tertiary/aromatic N) is 1. The fraction of sp³-hybridized carbons (Fsp3) is 0.278. The second kappa shape index (κ2) is 7.25. The van der Waals surface area contributed by atoms with Crippen molar-refractivity contribution >= 4 is 40.5 Å². The first-order chi connectivity index (χ1) is 12.4. The summed E-state index contributed by atoms with van der Waals surface area (Å²) in [4.78, 5) is 38.0. The van der Waals surface area contributed by atoms with Crippen LogP contribution in [-0.2, 0) is 14.3 Å². The molecule has 136 valence electrons. The molecule has 1 unspecified atom stereocenters. The fourth-order valence-electron chi connectivity index (χ4n) is 2.84. The Morgan fingerprint density at radius 1 is 1.35 bits per heavy atom. The third-order valence-corrected chi connectivity index (χ3v) is 5.08. The number of rotatable bonds is 4. The van der Waals surface area contributed by atoms with E-state index >= 15 is 0 Å². The van der Waals surface area contributed by atoms with Crippen molar-refractivity contribution in [2.45, 2.75) is 13.3 Å². The van der Waals surface area contributed by atoms with Crippen molar-refractivity contribution in [2.75, 3.05) is 23.9 Å². The summed E-state index contributed by atoms with van der Waals surface area (Å²) in [6.07, 6.45) is -0.0170. The second-order valence-electron chi connectivity index (χ2n) is 6.00. The summed E-state index contributed by atoms with van der Waals surface area (Å²) in [5.74, 6) is -2.37. The maximum Gasteiger partial charge on any atom is 0.350 e. The molecular weight excluding hydrogens is 359 g/mol. The molecule has 26 heavy (non-hydrogen) atoms. The number of anilines is 2. The smallest absolute Gasteiger partial charge is 0.350 e. The van der Waals surface area contributed by atoms with E-state index in [0.29, 0.717) is 5.69 Å². The standard InChI is InChI=1S/C18H17FN2O4S/c1-10-3-4-14(12(19)7-10)21-9-11(8-15(21)22)17(23)20-13-5-6-26-16(13)18(24)25-2/h3-7,11H,8-9H2,1-2H3,(H,20,23). The van der Waals surface area contributed by atoms with Crippen LogP contribution in [0.2, 0.25) is 0 Å². The lowest BCUT2D eigenvalue weighted by Crippen LogP contribution is -2.29. The number of benzene rings is 1. The monoisotopic (exact) mass is 376 g/mol. The SMILES string of the molecule is COC(=O)c1sccc1NC(=O)C1CC(=O)N(c2ccc(C)cc2F)C1. The normalized spacial score (nSPS) is 16.7. The van der Waals surface area contributed by atoms with Crippen LogP contribution in [-0.4, -0.2) is 31.4 Å². The maximum atomic E-state index is 14.1. The lowest BCUT2D eigenvalue weighted by Gasteiger charge is -2.17. The maximum absolute atomic E-state index is 14.1. The van der Waals surface area contributed by atoms with Gasteiger partial charge in [0.05, 0.1) is 24.4 Å². The molecule has 1 N–H and O–H groups in total. The predicted octanol–water partition coefficient (Wildman–Crippen LogP) is 2.97. The number of amides is 2. The number of nitrogens with one attached hydrogen (secondary N) is 1. The van der Waals surface area contributed by atoms with Crippen LogP contribution in [0.25, 0.3) is 0 Å². The van der Waals surface area contributed by atoms with E-state index in [1.165, 1.54) is 24.1 Å². The second-order valence-corrected chi connectivity index (χ2v) is 6.92.